The van der Waals surface area contributed by atoms with Gasteiger partial charge >= 0.3 is 0 Å². The normalized spacial score (nSPS) is 33.3. The SMILES string of the molecule is CC(C)N1CC2CCCC2C1.CC(C)N1CC2CCOC2C1.CC(C)N1CCC2CCOC2C1.CC(C)N1CCC2OCCC2C1.CC(C)N1CCN2CCCC2C1.CC(C)N1CCN2CCCC2C1.CC(C)N1CCN2CCCCC2C1.CC(C)N1CCn2ccnc2C1. The van der Waals surface area contributed by atoms with E-state index in [4.69, 9.17) is 14.2 Å². The van der Waals surface area contributed by atoms with E-state index in [9.17, 15) is 0 Å². The van der Waals surface area contributed by atoms with Crippen LogP contribution in [0.2, 0.25) is 0 Å². The van der Waals surface area contributed by atoms with E-state index in [-0.39, 0.29) is 0 Å². The summed E-state index contributed by atoms with van der Waals surface area (Å²) in [5, 5.41) is 0. The van der Waals surface area contributed by atoms with Crippen LogP contribution in [0.5, 0.6) is 0 Å². The van der Waals surface area contributed by atoms with Crippen molar-refractivity contribution < 1.29 is 14.2 Å². The number of imidazole rings is 1. The van der Waals surface area contributed by atoms with E-state index in [1.807, 2.05) is 6.20 Å². The first-order valence-electron chi connectivity index (χ1n) is 40.7. The summed E-state index contributed by atoms with van der Waals surface area (Å²) in [4.78, 5) is 32.9. The molecule has 1 saturated carbocycles. The van der Waals surface area contributed by atoms with E-state index in [0.29, 0.717) is 42.5 Å². The largest absolute Gasteiger partial charge is 0.378 e. The number of hydrogen-bond acceptors (Lipinski definition) is 15. The maximum atomic E-state index is 5.70. The average molecular weight is 1330 g/mol. The van der Waals surface area contributed by atoms with Crippen molar-refractivity contribution in [3.05, 3.63) is 18.2 Å². The number of fused-ring (bicyclic) bond motifs is 8. The van der Waals surface area contributed by atoms with Gasteiger partial charge in [-0.25, -0.2) is 4.98 Å². The van der Waals surface area contributed by atoms with Gasteiger partial charge in [-0.15, -0.1) is 0 Å². The molecule has 11 unspecified atom stereocenters. The Labute approximate surface area is 584 Å². The molecule has 550 valence electrons. The lowest BCUT2D eigenvalue weighted by atomic mass is 9.93. The van der Waals surface area contributed by atoms with Gasteiger partial charge < -0.3 is 28.6 Å². The second-order valence-corrected chi connectivity index (χ2v) is 34.4. The average Bonchev–Trinajstić information content (AvgIpc) is 2.17. The van der Waals surface area contributed by atoms with Gasteiger partial charge in [-0.1, -0.05) is 12.8 Å². The van der Waals surface area contributed by atoms with Crippen molar-refractivity contribution in [2.45, 2.75) is 305 Å². The highest BCUT2D eigenvalue weighted by molar-refractivity contribution is 4.97. The third-order valence-corrected chi connectivity index (χ3v) is 25.8. The van der Waals surface area contributed by atoms with Crippen LogP contribution >= 0.6 is 0 Å². The summed E-state index contributed by atoms with van der Waals surface area (Å²) in [6.07, 6.45) is 26.7. The predicted octanol–water partition coefficient (Wildman–Crippen LogP) is 11.3. The van der Waals surface area contributed by atoms with Crippen LogP contribution in [-0.2, 0) is 27.3 Å². The summed E-state index contributed by atoms with van der Waals surface area (Å²) in [5.41, 5.74) is 0. The lowest BCUT2D eigenvalue weighted by Crippen LogP contribution is -2.56. The number of ether oxygens (including phenoxy) is 3. The lowest BCUT2D eigenvalue weighted by Gasteiger charge is -2.45. The molecule has 95 heavy (non-hydrogen) atoms. The molecule has 16 heteroatoms. The van der Waals surface area contributed by atoms with Crippen LogP contribution in [0, 0.1) is 29.6 Å². The van der Waals surface area contributed by atoms with Crippen LogP contribution in [0.3, 0.4) is 0 Å². The van der Waals surface area contributed by atoms with Crippen LogP contribution < -0.4 is 0 Å². The number of piperidine rings is 3. The Balaban J connectivity index is 0.000000128. The fraction of sp³-hybridized carbons (Fsp3) is 0.962. The molecule has 14 aliphatic heterocycles. The van der Waals surface area contributed by atoms with E-state index in [1.54, 1.807) is 0 Å². The minimum atomic E-state index is 0.557. The van der Waals surface area contributed by atoms with Gasteiger partial charge in [-0.3, -0.25) is 44.1 Å². The van der Waals surface area contributed by atoms with Gasteiger partial charge in [0.15, 0.2) is 0 Å². The molecule has 14 fully saturated rings. The topological polar surface area (TPSA) is 81.2 Å². The van der Waals surface area contributed by atoms with Crippen molar-refractivity contribution in [2.24, 2.45) is 29.6 Å². The quantitative estimate of drug-likeness (QED) is 0.248. The summed E-state index contributed by atoms with van der Waals surface area (Å²) >= 11 is 0. The van der Waals surface area contributed by atoms with Gasteiger partial charge in [0.05, 0.1) is 24.9 Å². The van der Waals surface area contributed by atoms with Crippen LogP contribution in [-0.4, -0.2) is 305 Å². The molecule has 16 rings (SSSR count). The van der Waals surface area contributed by atoms with Crippen molar-refractivity contribution in [3.63, 3.8) is 0 Å². The van der Waals surface area contributed by atoms with Crippen LogP contribution in [0.25, 0.3) is 0 Å². The molecule has 13 saturated heterocycles. The van der Waals surface area contributed by atoms with Crippen LogP contribution in [0.4, 0.5) is 0 Å². The molecule has 1 aromatic rings. The molecule has 0 amide bonds. The Morgan fingerprint density at radius 2 is 0.674 bits per heavy atom. The Hall–Kier alpha value is -1.35. The van der Waals surface area contributed by atoms with Gasteiger partial charge in [0.25, 0.3) is 0 Å². The second-order valence-electron chi connectivity index (χ2n) is 34.4. The first-order valence-corrected chi connectivity index (χ1v) is 40.7. The molecule has 0 aromatic carbocycles. The van der Waals surface area contributed by atoms with Gasteiger partial charge in [0.2, 0.25) is 0 Å². The molecular formula is C79H151N13O3. The minimum absolute atomic E-state index is 0.557. The number of hydrogen-bond donors (Lipinski definition) is 0. The first kappa shape index (κ1) is 77.8. The lowest BCUT2D eigenvalue weighted by molar-refractivity contribution is 0.0154. The van der Waals surface area contributed by atoms with Gasteiger partial charge in [-0.05, 0) is 238 Å². The van der Waals surface area contributed by atoms with E-state index in [2.05, 4.69) is 180 Å². The maximum Gasteiger partial charge on any atom is 0.122 e. The third kappa shape index (κ3) is 23.1. The van der Waals surface area contributed by atoms with Crippen molar-refractivity contribution in [1.82, 2.24) is 63.5 Å². The molecular weight excluding hydrogens is 1180 g/mol. The monoisotopic (exact) mass is 1330 g/mol. The fourth-order valence-corrected chi connectivity index (χ4v) is 18.8. The van der Waals surface area contributed by atoms with Crippen molar-refractivity contribution in [3.8, 4) is 0 Å². The smallest absolute Gasteiger partial charge is 0.122 e. The number of aromatic nitrogens is 2. The third-order valence-electron chi connectivity index (χ3n) is 25.8. The fourth-order valence-electron chi connectivity index (χ4n) is 18.8. The zero-order valence-electron chi connectivity index (χ0n) is 64.7. The zero-order chi connectivity index (χ0) is 67.7. The Bertz CT molecular complexity index is 2060. The van der Waals surface area contributed by atoms with E-state index < -0.39 is 0 Å². The highest BCUT2D eigenvalue weighted by atomic mass is 16.5. The molecule has 16 nitrogen and oxygen atoms in total. The number of likely N-dealkylation sites (tertiary alicyclic amines) is 4. The summed E-state index contributed by atoms with van der Waals surface area (Å²) in [6, 6.07) is 8.40. The van der Waals surface area contributed by atoms with Crippen molar-refractivity contribution >= 4 is 0 Å². The molecule has 0 N–H and O–H groups in total. The maximum absolute atomic E-state index is 5.70. The minimum Gasteiger partial charge on any atom is -0.378 e. The van der Waals surface area contributed by atoms with E-state index in [1.165, 1.54) is 233 Å². The molecule has 1 aromatic heterocycles. The number of rotatable bonds is 8. The Morgan fingerprint density at radius 1 is 0.295 bits per heavy atom. The first-order chi connectivity index (χ1) is 45.7. The van der Waals surface area contributed by atoms with Crippen LogP contribution in [0.15, 0.2) is 12.4 Å². The Kier molecular flexibility index (Phi) is 31.8. The molecule has 15 aliphatic rings. The molecule has 1 aliphatic carbocycles. The predicted molar refractivity (Wildman–Crippen MR) is 397 cm³/mol. The molecule has 0 radical (unpaired) electrons. The van der Waals surface area contributed by atoms with Crippen molar-refractivity contribution in [2.75, 3.05) is 157 Å². The van der Waals surface area contributed by atoms with Gasteiger partial charge in [0, 0.05) is 228 Å². The molecule has 0 spiro atoms. The molecule has 11 atom stereocenters. The zero-order valence-corrected chi connectivity index (χ0v) is 64.7. The highest BCUT2D eigenvalue weighted by Crippen LogP contribution is 2.39. The summed E-state index contributed by atoms with van der Waals surface area (Å²) < 4.78 is 19.2. The van der Waals surface area contributed by atoms with Crippen LogP contribution in [0.1, 0.15) is 213 Å². The van der Waals surface area contributed by atoms with E-state index >= 15 is 0 Å². The standard InChI is InChI=1S/C11H22N2.2C10H20N2.2C10H19NO.C10H19N.C9H15N3.C9H17NO/c1-10(2)13-8-7-12-6-4-3-5-11(12)9-13;2*1-9(2)12-7-6-11-5-3-4-10(11)8-12;1-8(2)11-5-3-10-9(7-11)4-6-12-10;1-8(2)11-5-3-9-4-6-12-10(9)7-11;1-8(2)11-6-9-4-3-5-10(9)7-11;1-8(2)12-6-5-11-4-3-10-9(11)7-12;1-7(2)10-5-8-3-4-11-9(8)6-10/h10-11H,3-9H2,1-2H3;2*9-10H,3-8H2,1-2H3;2*8-10H,3-7H2,1-2H3;8-10H,3-7H2,1-2H3;3-4,8H,5-7H2,1-2H3;7-9H,3-6H2,1-2H3. The van der Waals surface area contributed by atoms with Gasteiger partial charge in [-0.2, -0.15) is 0 Å². The van der Waals surface area contributed by atoms with Crippen molar-refractivity contribution in [1.29, 1.82) is 0 Å². The second kappa shape index (κ2) is 38.8. The molecule has 0 bridgehead atoms. The molecule has 15 heterocycles. The number of piperazine rings is 3. The summed E-state index contributed by atoms with van der Waals surface area (Å²) in [7, 11) is 0. The summed E-state index contributed by atoms with van der Waals surface area (Å²) in [6.45, 7) is 68.9. The summed E-state index contributed by atoms with van der Waals surface area (Å²) in [5.74, 6) is 5.89. The number of nitrogens with zero attached hydrogens (tertiary/aromatic N) is 13. The Morgan fingerprint density at radius 3 is 1.18 bits per heavy atom. The van der Waals surface area contributed by atoms with E-state index in [0.717, 1.165) is 111 Å². The van der Waals surface area contributed by atoms with Gasteiger partial charge in [0.1, 0.15) is 5.82 Å². The highest BCUT2D eigenvalue weighted by Gasteiger charge is 2.40.